The minimum Gasteiger partial charge on any atom is -0.358 e. The highest BCUT2D eigenvalue weighted by Crippen LogP contribution is 2.12. The van der Waals surface area contributed by atoms with Crippen LogP contribution in [-0.2, 0) is 0 Å². The van der Waals surface area contributed by atoms with Crippen LogP contribution in [0.5, 0.6) is 12.0 Å². The second-order valence-electron chi connectivity index (χ2n) is 1.50. The Balaban J connectivity index is 2.52. The summed E-state index contributed by atoms with van der Waals surface area (Å²) in [6.07, 6.45) is 0.352. The summed E-state index contributed by atoms with van der Waals surface area (Å²) in [7, 11) is 0. The Morgan fingerprint density at radius 3 is 2.40 bits per heavy atom. The predicted molar refractivity (Wildman–Crippen MR) is 26.5 cm³/mol. The van der Waals surface area contributed by atoms with E-state index in [4.69, 9.17) is 0 Å². The van der Waals surface area contributed by atoms with Gasteiger partial charge in [0.15, 0.2) is 0 Å². The SMILES string of the molecule is O=C1Oc2ncnc(n2)O1. The molecule has 0 saturated carbocycles. The number of hydrogen-bond donors (Lipinski definition) is 0. The van der Waals surface area contributed by atoms with E-state index in [0.29, 0.717) is 0 Å². The average molecular weight is 139 g/mol. The smallest absolute Gasteiger partial charge is 0.358 e. The number of carbonyl (C=O) groups excluding carboxylic acids is 1. The molecule has 0 fully saturated rings. The lowest BCUT2D eigenvalue weighted by atomic mass is 10.9. The normalized spacial score (nSPS) is 13.8. The largest absolute Gasteiger partial charge is 0.524 e. The Hall–Kier alpha value is -1.72. The zero-order valence-corrected chi connectivity index (χ0v) is 4.64. The van der Waals surface area contributed by atoms with E-state index in [-0.39, 0.29) is 12.0 Å². The fraction of sp³-hybridized carbons (Fsp3) is 0. The molecule has 6 heteroatoms. The Morgan fingerprint density at radius 2 is 1.80 bits per heavy atom. The van der Waals surface area contributed by atoms with Crippen molar-refractivity contribution in [2.45, 2.75) is 0 Å². The summed E-state index contributed by atoms with van der Waals surface area (Å²) in [6.45, 7) is 0. The zero-order chi connectivity index (χ0) is 6.97. The summed E-state index contributed by atoms with van der Waals surface area (Å²) in [6, 6.07) is -0.0532. The van der Waals surface area contributed by atoms with Crippen molar-refractivity contribution in [1.29, 1.82) is 0 Å². The molecule has 50 valence electrons. The van der Waals surface area contributed by atoms with Gasteiger partial charge in [0.1, 0.15) is 6.33 Å². The van der Waals surface area contributed by atoms with E-state index < -0.39 is 6.16 Å². The summed E-state index contributed by atoms with van der Waals surface area (Å²) >= 11 is 0. The monoisotopic (exact) mass is 139 g/mol. The molecule has 2 bridgehead atoms. The number of nitrogens with zero attached hydrogens (tertiary/aromatic N) is 3. The topological polar surface area (TPSA) is 74.2 Å². The van der Waals surface area contributed by atoms with Crippen molar-refractivity contribution in [1.82, 2.24) is 15.0 Å². The van der Waals surface area contributed by atoms with Crippen LogP contribution < -0.4 is 9.47 Å². The van der Waals surface area contributed by atoms with E-state index in [1.54, 1.807) is 0 Å². The third-order valence-corrected chi connectivity index (χ3v) is 0.877. The molecule has 6 nitrogen and oxygen atoms in total. The molecule has 1 aromatic heterocycles. The van der Waals surface area contributed by atoms with Gasteiger partial charge in [0.05, 0.1) is 0 Å². The van der Waals surface area contributed by atoms with Crippen LogP contribution in [0.1, 0.15) is 0 Å². The van der Waals surface area contributed by atoms with Gasteiger partial charge in [-0.25, -0.2) is 4.79 Å². The molecule has 0 radical (unpaired) electrons. The average Bonchev–Trinajstić information content (AvgIpc) is 1.85. The Morgan fingerprint density at radius 1 is 1.20 bits per heavy atom. The van der Waals surface area contributed by atoms with Gasteiger partial charge in [0.2, 0.25) is 0 Å². The maximum atomic E-state index is 10.4. The summed E-state index contributed by atoms with van der Waals surface area (Å²) in [5, 5.41) is 0. The maximum Gasteiger partial charge on any atom is 0.524 e. The van der Waals surface area contributed by atoms with Gasteiger partial charge in [0.25, 0.3) is 0 Å². The Bertz CT molecular complexity index is 264. The molecule has 0 N–H and O–H groups in total. The molecule has 1 aliphatic heterocycles. The van der Waals surface area contributed by atoms with Gasteiger partial charge in [0, 0.05) is 0 Å². The van der Waals surface area contributed by atoms with Gasteiger partial charge in [-0.1, -0.05) is 0 Å². The molecule has 1 aliphatic rings. The molecule has 0 atom stereocenters. The maximum absolute atomic E-state index is 10.4. The minimum absolute atomic E-state index is 0.0266. The number of rotatable bonds is 0. The first-order chi connectivity index (χ1) is 4.84. The highest BCUT2D eigenvalue weighted by Gasteiger charge is 2.18. The van der Waals surface area contributed by atoms with Crippen molar-refractivity contribution in [3.05, 3.63) is 6.33 Å². The molecule has 0 aromatic carbocycles. The highest BCUT2D eigenvalue weighted by atomic mass is 16.7. The Kier molecular flexibility index (Phi) is 0.830. The van der Waals surface area contributed by atoms with E-state index in [9.17, 15) is 4.79 Å². The van der Waals surface area contributed by atoms with Crippen LogP contribution in [0.15, 0.2) is 6.33 Å². The number of carbonyl (C=O) groups is 1. The second-order valence-corrected chi connectivity index (χ2v) is 1.50. The van der Waals surface area contributed by atoms with Crippen LogP contribution >= 0.6 is 0 Å². The number of ether oxygens (including phenoxy) is 2. The molecular formula is C4HN3O3. The van der Waals surface area contributed by atoms with Crippen LogP contribution in [0.2, 0.25) is 0 Å². The molecule has 0 saturated heterocycles. The van der Waals surface area contributed by atoms with Crippen molar-refractivity contribution >= 4 is 6.16 Å². The van der Waals surface area contributed by atoms with Crippen LogP contribution in [0.25, 0.3) is 0 Å². The van der Waals surface area contributed by atoms with E-state index in [0.717, 1.165) is 0 Å². The third-order valence-electron chi connectivity index (χ3n) is 0.877. The number of hydrogen-bond acceptors (Lipinski definition) is 6. The summed E-state index contributed by atoms with van der Waals surface area (Å²) in [4.78, 5) is 21.0. The summed E-state index contributed by atoms with van der Waals surface area (Å²) < 4.78 is 8.73. The second kappa shape index (κ2) is 1.63. The van der Waals surface area contributed by atoms with Gasteiger partial charge in [-0.05, 0) is 0 Å². The first-order valence-electron chi connectivity index (χ1n) is 2.43. The number of aromatic nitrogens is 3. The van der Waals surface area contributed by atoms with Gasteiger partial charge < -0.3 is 9.47 Å². The van der Waals surface area contributed by atoms with E-state index >= 15 is 0 Å². The van der Waals surface area contributed by atoms with Crippen LogP contribution in [0, 0.1) is 0 Å². The fourth-order valence-corrected chi connectivity index (χ4v) is 0.535. The third kappa shape index (κ3) is 0.661. The van der Waals surface area contributed by atoms with E-state index in [1.165, 1.54) is 6.33 Å². The Labute approximate surface area is 54.8 Å². The molecule has 0 aliphatic carbocycles. The lowest BCUT2D eigenvalue weighted by molar-refractivity contribution is 0.132. The molecule has 1 aromatic rings. The molecule has 10 heavy (non-hydrogen) atoms. The quantitative estimate of drug-likeness (QED) is 0.462. The molecule has 2 rings (SSSR count). The van der Waals surface area contributed by atoms with Gasteiger partial charge in [-0.15, -0.1) is 4.98 Å². The van der Waals surface area contributed by atoms with Crippen molar-refractivity contribution in [3.63, 3.8) is 0 Å². The highest BCUT2D eigenvalue weighted by molar-refractivity contribution is 5.66. The van der Waals surface area contributed by atoms with Crippen molar-refractivity contribution < 1.29 is 14.3 Å². The fourth-order valence-electron chi connectivity index (χ4n) is 0.535. The minimum atomic E-state index is -0.847. The zero-order valence-electron chi connectivity index (χ0n) is 4.64. The van der Waals surface area contributed by atoms with Crippen molar-refractivity contribution in [2.75, 3.05) is 0 Å². The van der Waals surface area contributed by atoms with Crippen molar-refractivity contribution in [3.8, 4) is 12.0 Å². The van der Waals surface area contributed by atoms with Crippen LogP contribution in [0.3, 0.4) is 0 Å². The van der Waals surface area contributed by atoms with Crippen LogP contribution in [-0.4, -0.2) is 21.1 Å². The molecule has 0 spiro atoms. The lowest BCUT2D eigenvalue weighted by Crippen LogP contribution is -2.21. The van der Waals surface area contributed by atoms with Gasteiger partial charge >= 0.3 is 18.2 Å². The standard InChI is InChI=1S/C4HN3O3/c8-4-9-2-5-1-6-3(7-2)10-4/h1H. The summed E-state index contributed by atoms with van der Waals surface area (Å²) in [5.41, 5.74) is 0. The summed E-state index contributed by atoms with van der Waals surface area (Å²) in [5.74, 6) is 0. The number of fused-ring (bicyclic) bond motifs is 2. The molecular weight excluding hydrogens is 138 g/mol. The molecule has 2 heterocycles. The van der Waals surface area contributed by atoms with Crippen molar-refractivity contribution in [2.24, 2.45) is 0 Å². The lowest BCUT2D eigenvalue weighted by Gasteiger charge is -2.06. The first-order valence-corrected chi connectivity index (χ1v) is 2.43. The van der Waals surface area contributed by atoms with Gasteiger partial charge in [-0.3, -0.25) is 0 Å². The molecule has 0 amide bonds. The molecule has 0 unspecified atom stereocenters. The first kappa shape index (κ1) is 5.10. The predicted octanol–water partition coefficient (Wildman–Crippen LogP) is -0.237. The van der Waals surface area contributed by atoms with E-state index in [2.05, 4.69) is 24.4 Å². The van der Waals surface area contributed by atoms with Crippen LogP contribution in [0.4, 0.5) is 4.79 Å². The van der Waals surface area contributed by atoms with E-state index in [1.807, 2.05) is 0 Å². The van der Waals surface area contributed by atoms with Gasteiger partial charge in [-0.2, -0.15) is 9.97 Å².